The van der Waals surface area contributed by atoms with E-state index in [4.69, 9.17) is 0 Å². The molecule has 1 fully saturated rings. The van der Waals surface area contributed by atoms with Crippen LogP contribution in [-0.4, -0.2) is 36.6 Å². The molecule has 1 aliphatic heterocycles. The molecule has 1 saturated heterocycles. The predicted molar refractivity (Wildman–Crippen MR) is 62.5 cm³/mol. The number of nitrogens with zero attached hydrogens (tertiary/aromatic N) is 1. The Morgan fingerprint density at radius 3 is 2.50 bits per heavy atom. The highest BCUT2D eigenvalue weighted by Gasteiger charge is 2.24. The first-order valence-corrected chi connectivity index (χ1v) is 5.98. The topological polar surface area (TPSA) is 15.3 Å². The lowest BCUT2D eigenvalue weighted by Crippen LogP contribution is -2.55. The summed E-state index contributed by atoms with van der Waals surface area (Å²) in [6, 6.07) is 1.36. The monoisotopic (exact) mass is 198 g/mol. The smallest absolute Gasteiger partial charge is 0.0193 e. The third kappa shape index (κ3) is 3.25. The van der Waals surface area contributed by atoms with Gasteiger partial charge in [-0.2, -0.15) is 0 Å². The Kier molecular flexibility index (Phi) is 4.39. The van der Waals surface area contributed by atoms with Crippen LogP contribution in [0.5, 0.6) is 0 Å². The highest BCUT2D eigenvalue weighted by molar-refractivity contribution is 4.82. The Balaban J connectivity index is 2.41. The minimum atomic E-state index is 0.658. The molecule has 0 aliphatic carbocycles. The Hall–Kier alpha value is -0.0800. The fourth-order valence-corrected chi connectivity index (χ4v) is 1.93. The van der Waals surface area contributed by atoms with E-state index in [0.29, 0.717) is 12.1 Å². The molecule has 2 nitrogen and oxygen atoms in total. The van der Waals surface area contributed by atoms with Crippen molar-refractivity contribution in [2.75, 3.05) is 19.6 Å². The molecule has 0 saturated carbocycles. The van der Waals surface area contributed by atoms with E-state index in [-0.39, 0.29) is 0 Å². The number of rotatable bonds is 3. The van der Waals surface area contributed by atoms with Gasteiger partial charge in [-0.25, -0.2) is 0 Å². The molecule has 1 rings (SSSR count). The molecule has 1 aliphatic rings. The summed E-state index contributed by atoms with van der Waals surface area (Å²) in [5, 5.41) is 3.52. The van der Waals surface area contributed by atoms with Gasteiger partial charge in [0, 0.05) is 31.7 Å². The maximum atomic E-state index is 3.52. The molecule has 2 heteroatoms. The molecule has 0 amide bonds. The highest BCUT2D eigenvalue weighted by atomic mass is 15.2. The molecule has 0 radical (unpaired) electrons. The molecule has 0 bridgehead atoms. The zero-order chi connectivity index (χ0) is 10.7. The minimum absolute atomic E-state index is 0.658. The molecule has 0 spiro atoms. The van der Waals surface area contributed by atoms with E-state index in [1.807, 2.05) is 0 Å². The summed E-state index contributed by atoms with van der Waals surface area (Å²) in [5.41, 5.74) is 0. The van der Waals surface area contributed by atoms with Crippen LogP contribution in [0.4, 0.5) is 0 Å². The minimum Gasteiger partial charge on any atom is -0.311 e. The second-order valence-corrected chi connectivity index (χ2v) is 5.33. The van der Waals surface area contributed by atoms with Gasteiger partial charge in [-0.05, 0) is 25.7 Å². The summed E-state index contributed by atoms with van der Waals surface area (Å²) in [7, 11) is 0. The first kappa shape index (κ1) is 12.0. The Labute approximate surface area is 89.1 Å². The van der Waals surface area contributed by atoms with E-state index in [9.17, 15) is 0 Å². The van der Waals surface area contributed by atoms with Crippen molar-refractivity contribution in [1.29, 1.82) is 0 Å². The van der Waals surface area contributed by atoms with Crippen LogP contribution in [0.2, 0.25) is 0 Å². The Bertz CT molecular complexity index is 168. The largest absolute Gasteiger partial charge is 0.311 e. The van der Waals surface area contributed by atoms with Gasteiger partial charge in [0.25, 0.3) is 0 Å². The van der Waals surface area contributed by atoms with Crippen LogP contribution in [-0.2, 0) is 0 Å². The Morgan fingerprint density at radius 2 is 1.93 bits per heavy atom. The second-order valence-electron chi connectivity index (χ2n) is 5.33. The van der Waals surface area contributed by atoms with Gasteiger partial charge in [0.05, 0.1) is 0 Å². The lowest BCUT2D eigenvalue weighted by atomic mass is 9.96. The van der Waals surface area contributed by atoms with Crippen molar-refractivity contribution in [3.8, 4) is 0 Å². The molecule has 3 atom stereocenters. The normalized spacial score (nSPS) is 32.1. The van der Waals surface area contributed by atoms with Gasteiger partial charge in [-0.1, -0.05) is 20.8 Å². The van der Waals surface area contributed by atoms with Gasteiger partial charge >= 0.3 is 0 Å². The van der Waals surface area contributed by atoms with E-state index < -0.39 is 0 Å². The lowest BCUT2D eigenvalue weighted by Gasteiger charge is -2.39. The van der Waals surface area contributed by atoms with Crippen molar-refractivity contribution in [3.05, 3.63) is 0 Å². The molecule has 1 N–H and O–H groups in total. The van der Waals surface area contributed by atoms with E-state index in [1.165, 1.54) is 13.1 Å². The van der Waals surface area contributed by atoms with E-state index in [0.717, 1.165) is 18.4 Å². The van der Waals surface area contributed by atoms with Crippen LogP contribution >= 0.6 is 0 Å². The standard InChI is InChI=1S/C12H26N2/c1-9(2)10(3)7-14-8-11(4)13-6-12(14)5/h9-13H,6-8H2,1-5H3. The number of hydrogen-bond donors (Lipinski definition) is 1. The van der Waals surface area contributed by atoms with Gasteiger partial charge in [-0.15, -0.1) is 0 Å². The zero-order valence-corrected chi connectivity index (χ0v) is 10.4. The average molecular weight is 198 g/mol. The van der Waals surface area contributed by atoms with Crippen LogP contribution in [0.25, 0.3) is 0 Å². The molecule has 14 heavy (non-hydrogen) atoms. The van der Waals surface area contributed by atoms with Gasteiger partial charge in [0.15, 0.2) is 0 Å². The van der Waals surface area contributed by atoms with Crippen molar-refractivity contribution in [2.45, 2.75) is 46.7 Å². The Morgan fingerprint density at radius 1 is 1.29 bits per heavy atom. The summed E-state index contributed by atoms with van der Waals surface area (Å²) < 4.78 is 0. The van der Waals surface area contributed by atoms with E-state index in [1.54, 1.807) is 0 Å². The van der Waals surface area contributed by atoms with Gasteiger partial charge in [-0.3, -0.25) is 4.90 Å². The van der Waals surface area contributed by atoms with Crippen molar-refractivity contribution in [2.24, 2.45) is 11.8 Å². The zero-order valence-electron chi connectivity index (χ0n) is 10.4. The van der Waals surface area contributed by atoms with E-state index >= 15 is 0 Å². The van der Waals surface area contributed by atoms with Crippen molar-refractivity contribution in [3.63, 3.8) is 0 Å². The number of nitrogens with one attached hydrogen (secondary N) is 1. The summed E-state index contributed by atoms with van der Waals surface area (Å²) in [5.74, 6) is 1.61. The maximum absolute atomic E-state index is 3.52. The second kappa shape index (κ2) is 5.13. The predicted octanol–water partition coefficient (Wildman–Crippen LogP) is 1.96. The summed E-state index contributed by atoms with van der Waals surface area (Å²) in [4.78, 5) is 2.63. The quantitative estimate of drug-likeness (QED) is 0.746. The molecule has 3 unspecified atom stereocenters. The third-order valence-electron chi connectivity index (χ3n) is 3.55. The first-order valence-electron chi connectivity index (χ1n) is 5.98. The van der Waals surface area contributed by atoms with Gasteiger partial charge in [0.2, 0.25) is 0 Å². The first-order chi connectivity index (χ1) is 6.50. The SMILES string of the molecule is CC1CN(CC(C)C(C)C)C(C)CN1. The highest BCUT2D eigenvalue weighted by Crippen LogP contribution is 2.15. The van der Waals surface area contributed by atoms with Crippen LogP contribution in [0, 0.1) is 11.8 Å². The fourth-order valence-electron chi connectivity index (χ4n) is 1.93. The third-order valence-corrected chi connectivity index (χ3v) is 3.55. The van der Waals surface area contributed by atoms with Gasteiger partial charge in [0.1, 0.15) is 0 Å². The van der Waals surface area contributed by atoms with Crippen LogP contribution in [0.3, 0.4) is 0 Å². The van der Waals surface area contributed by atoms with Crippen LogP contribution in [0.1, 0.15) is 34.6 Å². The lowest BCUT2D eigenvalue weighted by molar-refractivity contribution is 0.117. The molecular formula is C12H26N2. The molecule has 0 aromatic carbocycles. The molecular weight excluding hydrogens is 172 g/mol. The maximum Gasteiger partial charge on any atom is 0.0193 e. The molecule has 84 valence electrons. The fraction of sp³-hybridized carbons (Fsp3) is 1.00. The summed E-state index contributed by atoms with van der Waals surface area (Å²) in [6.07, 6.45) is 0. The van der Waals surface area contributed by atoms with E-state index in [2.05, 4.69) is 44.8 Å². The van der Waals surface area contributed by atoms with Crippen LogP contribution in [0.15, 0.2) is 0 Å². The molecule has 1 heterocycles. The van der Waals surface area contributed by atoms with Gasteiger partial charge < -0.3 is 5.32 Å². The van der Waals surface area contributed by atoms with Crippen molar-refractivity contribution in [1.82, 2.24) is 10.2 Å². The van der Waals surface area contributed by atoms with Crippen molar-refractivity contribution >= 4 is 0 Å². The number of hydrogen-bond acceptors (Lipinski definition) is 2. The molecule has 0 aromatic rings. The van der Waals surface area contributed by atoms with Crippen LogP contribution < -0.4 is 5.32 Å². The molecule has 0 aromatic heterocycles. The summed E-state index contributed by atoms with van der Waals surface area (Å²) >= 11 is 0. The summed E-state index contributed by atoms with van der Waals surface area (Å²) in [6.45, 7) is 15.2. The number of piperazine rings is 1. The van der Waals surface area contributed by atoms with Crippen molar-refractivity contribution < 1.29 is 0 Å². The average Bonchev–Trinajstić information content (AvgIpc) is 2.11.